The number of anilines is 1. The normalized spacial score (nSPS) is 9.62. The van der Waals surface area contributed by atoms with Crippen molar-refractivity contribution in [2.45, 2.75) is 13.3 Å². The molecule has 0 bridgehead atoms. The zero-order chi connectivity index (χ0) is 12.0. The van der Waals surface area contributed by atoms with Crippen LogP contribution in [0.25, 0.3) is 0 Å². The fourth-order valence-electron chi connectivity index (χ4n) is 1.39. The van der Waals surface area contributed by atoms with Crippen molar-refractivity contribution in [2.75, 3.05) is 18.5 Å². The number of amides is 2. The number of aryl methyl sites for hydroxylation is 1. The number of hydrogen-bond acceptors (Lipinski definition) is 2. The molecule has 0 aliphatic heterocycles. The Morgan fingerprint density at radius 2 is 2.00 bits per heavy atom. The molecule has 0 radical (unpaired) electrons. The van der Waals surface area contributed by atoms with E-state index in [1.165, 1.54) is 0 Å². The molecule has 16 heavy (non-hydrogen) atoms. The molecule has 0 saturated heterocycles. The Kier molecular flexibility index (Phi) is 4.51. The molecule has 86 valence electrons. The van der Waals surface area contributed by atoms with Gasteiger partial charge in [-0.3, -0.25) is 4.90 Å². The predicted molar refractivity (Wildman–Crippen MR) is 63.7 cm³/mol. The van der Waals surface area contributed by atoms with Crippen LogP contribution in [0.5, 0.6) is 0 Å². The molecule has 0 fully saturated rings. The van der Waals surface area contributed by atoms with Gasteiger partial charge in [-0.2, -0.15) is 0 Å². The Morgan fingerprint density at radius 3 is 2.50 bits per heavy atom. The van der Waals surface area contributed by atoms with E-state index in [9.17, 15) is 9.59 Å². The number of benzene rings is 1. The van der Waals surface area contributed by atoms with Gasteiger partial charge in [-0.1, -0.05) is 17.7 Å². The number of rotatable bonds is 4. The summed E-state index contributed by atoms with van der Waals surface area (Å²) in [6.07, 6.45) is 1.14. The summed E-state index contributed by atoms with van der Waals surface area (Å²) in [7, 11) is 1.57. The molecule has 0 aromatic heterocycles. The number of carbonyl (C=O) groups excluding carboxylic acids is 2. The van der Waals surface area contributed by atoms with Crippen molar-refractivity contribution >= 4 is 18.0 Å². The van der Waals surface area contributed by atoms with Crippen LogP contribution < -0.4 is 10.2 Å². The second kappa shape index (κ2) is 5.90. The lowest BCUT2D eigenvalue weighted by Gasteiger charge is -2.21. The Bertz CT molecular complexity index is 360. The summed E-state index contributed by atoms with van der Waals surface area (Å²) in [4.78, 5) is 23.5. The van der Waals surface area contributed by atoms with Gasteiger partial charge in [0.15, 0.2) is 0 Å². The van der Waals surface area contributed by atoms with Crippen molar-refractivity contribution < 1.29 is 9.59 Å². The van der Waals surface area contributed by atoms with Gasteiger partial charge in [0.1, 0.15) is 6.29 Å². The van der Waals surface area contributed by atoms with E-state index in [1.54, 1.807) is 11.9 Å². The summed E-state index contributed by atoms with van der Waals surface area (Å²) >= 11 is 0. The third kappa shape index (κ3) is 3.08. The first-order valence-corrected chi connectivity index (χ1v) is 5.18. The number of nitrogens with one attached hydrogen (secondary N) is 1. The van der Waals surface area contributed by atoms with Gasteiger partial charge >= 0.3 is 6.03 Å². The smallest absolute Gasteiger partial charge is 0.321 e. The van der Waals surface area contributed by atoms with E-state index in [2.05, 4.69) is 5.32 Å². The summed E-state index contributed by atoms with van der Waals surface area (Å²) in [6, 6.07) is 7.41. The minimum absolute atomic E-state index is 0.203. The van der Waals surface area contributed by atoms with E-state index in [0.29, 0.717) is 13.0 Å². The minimum Gasteiger partial charge on any atom is -0.341 e. The quantitative estimate of drug-likeness (QED) is 0.785. The lowest BCUT2D eigenvalue weighted by molar-refractivity contribution is -0.107. The number of carbonyl (C=O) groups is 2. The molecular weight excluding hydrogens is 204 g/mol. The van der Waals surface area contributed by atoms with E-state index in [1.807, 2.05) is 31.2 Å². The lowest BCUT2D eigenvalue weighted by Crippen LogP contribution is -2.38. The van der Waals surface area contributed by atoms with Crippen LogP contribution in [0.1, 0.15) is 12.0 Å². The van der Waals surface area contributed by atoms with E-state index in [0.717, 1.165) is 17.5 Å². The maximum Gasteiger partial charge on any atom is 0.321 e. The highest BCUT2D eigenvalue weighted by atomic mass is 16.2. The average molecular weight is 220 g/mol. The van der Waals surface area contributed by atoms with Crippen LogP contribution in [0.4, 0.5) is 10.5 Å². The fraction of sp³-hybridized carbons (Fsp3) is 0.333. The van der Waals surface area contributed by atoms with Crippen LogP contribution in [0, 0.1) is 6.92 Å². The average Bonchev–Trinajstić information content (AvgIpc) is 2.31. The second-order valence-electron chi connectivity index (χ2n) is 3.50. The van der Waals surface area contributed by atoms with Crippen LogP contribution in [-0.2, 0) is 4.79 Å². The molecule has 1 rings (SSSR count). The lowest BCUT2D eigenvalue weighted by atomic mass is 10.2. The molecular formula is C12H16N2O2. The number of nitrogens with zero attached hydrogens (tertiary/aromatic N) is 1. The highest BCUT2D eigenvalue weighted by Gasteiger charge is 2.12. The van der Waals surface area contributed by atoms with E-state index >= 15 is 0 Å². The molecule has 0 aliphatic carbocycles. The van der Waals surface area contributed by atoms with E-state index in [4.69, 9.17) is 0 Å². The largest absolute Gasteiger partial charge is 0.341 e. The molecule has 4 nitrogen and oxygen atoms in total. The van der Waals surface area contributed by atoms with Crippen LogP contribution >= 0.6 is 0 Å². The Balaban J connectivity index is 2.86. The van der Waals surface area contributed by atoms with Crippen molar-refractivity contribution in [1.29, 1.82) is 0 Å². The van der Waals surface area contributed by atoms with E-state index < -0.39 is 0 Å². The summed E-state index contributed by atoms with van der Waals surface area (Å²) < 4.78 is 0. The topological polar surface area (TPSA) is 49.4 Å². The van der Waals surface area contributed by atoms with Gasteiger partial charge in [0, 0.05) is 25.7 Å². The first kappa shape index (κ1) is 12.2. The predicted octanol–water partition coefficient (Wildman–Crippen LogP) is 1.73. The molecule has 0 heterocycles. The van der Waals surface area contributed by atoms with Gasteiger partial charge in [-0.15, -0.1) is 0 Å². The van der Waals surface area contributed by atoms with Crippen molar-refractivity contribution in [1.82, 2.24) is 5.32 Å². The maximum atomic E-state index is 11.6. The molecule has 1 aromatic rings. The van der Waals surface area contributed by atoms with Crippen molar-refractivity contribution in [3.8, 4) is 0 Å². The molecule has 0 aliphatic rings. The molecule has 1 N–H and O–H groups in total. The van der Waals surface area contributed by atoms with Gasteiger partial charge < -0.3 is 10.1 Å². The molecule has 2 amide bonds. The third-order valence-electron chi connectivity index (χ3n) is 2.28. The third-order valence-corrected chi connectivity index (χ3v) is 2.28. The van der Waals surface area contributed by atoms with E-state index in [-0.39, 0.29) is 6.03 Å². The van der Waals surface area contributed by atoms with Gasteiger partial charge in [0.05, 0.1) is 0 Å². The fourth-order valence-corrected chi connectivity index (χ4v) is 1.39. The number of aldehydes is 1. The molecule has 0 unspecified atom stereocenters. The van der Waals surface area contributed by atoms with Gasteiger partial charge in [-0.05, 0) is 19.1 Å². The Labute approximate surface area is 95.3 Å². The summed E-state index contributed by atoms with van der Waals surface area (Å²) in [5, 5.41) is 2.56. The van der Waals surface area contributed by atoms with Crippen molar-refractivity contribution in [2.24, 2.45) is 0 Å². The summed E-state index contributed by atoms with van der Waals surface area (Å²) in [5.41, 5.74) is 1.93. The number of urea groups is 1. The summed E-state index contributed by atoms with van der Waals surface area (Å²) in [6.45, 7) is 2.38. The van der Waals surface area contributed by atoms with Crippen LogP contribution in [0.15, 0.2) is 24.3 Å². The zero-order valence-electron chi connectivity index (χ0n) is 9.56. The minimum atomic E-state index is -0.203. The van der Waals surface area contributed by atoms with Crippen molar-refractivity contribution in [3.63, 3.8) is 0 Å². The molecule has 0 saturated carbocycles. The van der Waals surface area contributed by atoms with Gasteiger partial charge in [0.25, 0.3) is 0 Å². The first-order valence-electron chi connectivity index (χ1n) is 5.18. The molecule has 4 heteroatoms. The molecule has 0 atom stereocenters. The van der Waals surface area contributed by atoms with Gasteiger partial charge in [-0.25, -0.2) is 4.79 Å². The highest BCUT2D eigenvalue weighted by Crippen LogP contribution is 2.15. The zero-order valence-corrected chi connectivity index (χ0v) is 9.56. The van der Waals surface area contributed by atoms with Crippen LogP contribution in [-0.4, -0.2) is 25.9 Å². The Hall–Kier alpha value is -1.84. The van der Waals surface area contributed by atoms with Crippen LogP contribution in [0.2, 0.25) is 0 Å². The molecule has 1 aromatic carbocycles. The number of hydrogen-bond donors (Lipinski definition) is 1. The Morgan fingerprint density at radius 1 is 1.38 bits per heavy atom. The standard InChI is InChI=1S/C12H16N2O2/c1-10-4-6-11(7-5-10)14(8-3-9-15)12(16)13-2/h4-7,9H,3,8H2,1-2H3,(H,13,16). The summed E-state index contributed by atoms with van der Waals surface area (Å²) in [5.74, 6) is 0. The second-order valence-corrected chi connectivity index (χ2v) is 3.50. The SMILES string of the molecule is CNC(=O)N(CCC=O)c1ccc(C)cc1. The maximum absolute atomic E-state index is 11.6. The molecule has 0 spiro atoms. The van der Waals surface area contributed by atoms with Crippen molar-refractivity contribution in [3.05, 3.63) is 29.8 Å². The van der Waals surface area contributed by atoms with Gasteiger partial charge in [0.2, 0.25) is 0 Å². The van der Waals surface area contributed by atoms with Crippen LogP contribution in [0.3, 0.4) is 0 Å². The monoisotopic (exact) mass is 220 g/mol. The highest BCUT2D eigenvalue weighted by molar-refractivity contribution is 5.92. The first-order chi connectivity index (χ1) is 7.69.